The van der Waals surface area contributed by atoms with Crippen LogP contribution in [0.3, 0.4) is 0 Å². The fourth-order valence-electron chi connectivity index (χ4n) is 3.10. The summed E-state index contributed by atoms with van der Waals surface area (Å²) in [5.41, 5.74) is 3.32. The summed E-state index contributed by atoms with van der Waals surface area (Å²) < 4.78 is 12.3. The first kappa shape index (κ1) is 18.0. The normalized spacial score (nSPS) is 11.0. The lowest BCUT2D eigenvalue weighted by molar-refractivity contribution is 0.299. The Balaban J connectivity index is 1.68. The molecular weight excluding hydrogens is 330 g/mol. The van der Waals surface area contributed by atoms with Crippen LogP contribution in [-0.4, -0.2) is 11.2 Å². The minimum atomic E-state index is -0.604. The van der Waals surface area contributed by atoms with Crippen LogP contribution in [0.25, 0.3) is 10.9 Å². The van der Waals surface area contributed by atoms with E-state index in [4.69, 9.17) is 9.15 Å². The van der Waals surface area contributed by atoms with Crippen LogP contribution in [0.2, 0.25) is 0 Å². The Morgan fingerprint density at radius 3 is 2.50 bits per heavy atom. The largest absolute Gasteiger partial charge is 0.493 e. The van der Waals surface area contributed by atoms with Crippen LogP contribution in [0.15, 0.2) is 50.4 Å². The topological polar surface area (TPSA) is 61.4 Å². The molecule has 0 amide bonds. The van der Waals surface area contributed by atoms with Gasteiger partial charge in [0.2, 0.25) is 0 Å². The summed E-state index contributed by atoms with van der Waals surface area (Å²) in [7, 11) is 0. The van der Waals surface area contributed by atoms with E-state index in [1.807, 2.05) is 32.0 Å². The highest BCUT2D eigenvalue weighted by Crippen LogP contribution is 2.21. The number of nitrogens with zero attached hydrogens (tertiary/aromatic N) is 1. The van der Waals surface area contributed by atoms with E-state index in [2.05, 4.69) is 13.0 Å². The second-order valence-electron chi connectivity index (χ2n) is 6.53. The van der Waals surface area contributed by atoms with E-state index < -0.39 is 11.4 Å². The van der Waals surface area contributed by atoms with Crippen molar-refractivity contribution in [2.45, 2.75) is 40.2 Å². The van der Waals surface area contributed by atoms with Crippen LogP contribution in [-0.2, 0) is 6.54 Å². The maximum atomic E-state index is 12.1. The molecule has 0 saturated carbocycles. The molecule has 0 spiro atoms. The first-order valence-corrected chi connectivity index (χ1v) is 8.81. The predicted molar refractivity (Wildman–Crippen MR) is 102 cm³/mol. The molecule has 0 atom stereocenters. The molecule has 0 aliphatic heterocycles. The lowest BCUT2D eigenvalue weighted by atomic mass is 10.1. The van der Waals surface area contributed by atoms with Gasteiger partial charge in [-0.25, -0.2) is 9.59 Å². The molecule has 3 rings (SSSR count). The Morgan fingerprint density at radius 2 is 1.69 bits per heavy atom. The summed E-state index contributed by atoms with van der Waals surface area (Å²) >= 11 is 0. The summed E-state index contributed by atoms with van der Waals surface area (Å²) in [6.45, 7) is 7.06. The highest BCUT2D eigenvalue weighted by atomic mass is 16.5. The minimum Gasteiger partial charge on any atom is -0.493 e. The summed E-state index contributed by atoms with van der Waals surface area (Å²) in [6, 6.07) is 11.4. The van der Waals surface area contributed by atoms with Crippen LogP contribution in [0, 0.1) is 20.8 Å². The van der Waals surface area contributed by atoms with Crippen LogP contribution in [0.4, 0.5) is 0 Å². The van der Waals surface area contributed by atoms with Gasteiger partial charge in [0.1, 0.15) is 5.75 Å². The van der Waals surface area contributed by atoms with Gasteiger partial charge in [-0.05, 0) is 62.4 Å². The van der Waals surface area contributed by atoms with Crippen LogP contribution >= 0.6 is 0 Å². The third-order valence-electron chi connectivity index (χ3n) is 4.72. The fraction of sp³-hybridized carbons (Fsp3) is 0.333. The van der Waals surface area contributed by atoms with Crippen molar-refractivity contribution in [3.8, 4) is 5.75 Å². The second kappa shape index (κ2) is 7.60. The lowest BCUT2D eigenvalue weighted by Gasteiger charge is -2.12. The quantitative estimate of drug-likeness (QED) is 0.634. The molecule has 0 bridgehead atoms. The van der Waals surface area contributed by atoms with E-state index in [1.54, 1.807) is 16.7 Å². The van der Waals surface area contributed by atoms with Gasteiger partial charge in [0.25, 0.3) is 0 Å². The van der Waals surface area contributed by atoms with Crippen LogP contribution < -0.4 is 16.1 Å². The SMILES string of the molecule is Cc1cccc(OCCCCn2c(=O)oc(=O)c3cccc(C)c32)c1C. The summed E-state index contributed by atoms with van der Waals surface area (Å²) in [5.74, 6) is 0.293. The molecule has 26 heavy (non-hydrogen) atoms. The van der Waals surface area contributed by atoms with Crippen LogP contribution in [0.1, 0.15) is 29.5 Å². The van der Waals surface area contributed by atoms with E-state index in [1.165, 1.54) is 5.56 Å². The highest BCUT2D eigenvalue weighted by Gasteiger charge is 2.11. The zero-order valence-corrected chi connectivity index (χ0v) is 15.4. The van der Waals surface area contributed by atoms with Gasteiger partial charge >= 0.3 is 11.4 Å². The van der Waals surface area contributed by atoms with Crippen LogP contribution in [0.5, 0.6) is 5.75 Å². The molecule has 1 heterocycles. The Hall–Kier alpha value is -2.82. The predicted octanol–water partition coefficient (Wildman–Crippen LogP) is 3.74. The van der Waals surface area contributed by atoms with E-state index >= 15 is 0 Å². The summed E-state index contributed by atoms with van der Waals surface area (Å²) in [4.78, 5) is 24.0. The Labute approximate surface area is 151 Å². The number of unbranched alkanes of at least 4 members (excludes halogenated alkanes) is 1. The zero-order valence-electron chi connectivity index (χ0n) is 15.4. The number of aromatic nitrogens is 1. The van der Waals surface area contributed by atoms with Gasteiger partial charge in [-0.1, -0.05) is 24.3 Å². The minimum absolute atomic E-state index is 0.441. The molecule has 0 unspecified atom stereocenters. The number of ether oxygens (including phenoxy) is 1. The van der Waals surface area contributed by atoms with Gasteiger partial charge in [-0.2, -0.15) is 0 Å². The number of fused-ring (bicyclic) bond motifs is 1. The Morgan fingerprint density at radius 1 is 0.962 bits per heavy atom. The molecule has 2 aromatic carbocycles. The molecule has 0 radical (unpaired) electrons. The lowest BCUT2D eigenvalue weighted by Crippen LogP contribution is -2.25. The zero-order chi connectivity index (χ0) is 18.7. The molecule has 1 aromatic heterocycles. The van der Waals surface area contributed by atoms with E-state index in [-0.39, 0.29) is 0 Å². The van der Waals surface area contributed by atoms with E-state index in [0.29, 0.717) is 24.1 Å². The van der Waals surface area contributed by atoms with E-state index in [9.17, 15) is 9.59 Å². The monoisotopic (exact) mass is 353 g/mol. The van der Waals surface area contributed by atoms with Crippen molar-refractivity contribution in [3.63, 3.8) is 0 Å². The maximum Gasteiger partial charge on any atom is 0.422 e. The summed E-state index contributed by atoms with van der Waals surface area (Å²) in [5, 5.41) is 0.441. The fourth-order valence-corrected chi connectivity index (χ4v) is 3.10. The third-order valence-corrected chi connectivity index (χ3v) is 4.72. The van der Waals surface area contributed by atoms with Gasteiger partial charge in [0, 0.05) is 6.54 Å². The van der Waals surface area contributed by atoms with Crippen molar-refractivity contribution in [3.05, 3.63) is 74.1 Å². The van der Waals surface area contributed by atoms with Gasteiger partial charge < -0.3 is 9.15 Å². The molecular formula is C21H23NO4. The van der Waals surface area contributed by atoms with E-state index in [0.717, 1.165) is 29.7 Å². The summed E-state index contributed by atoms with van der Waals surface area (Å²) in [6.07, 6.45) is 1.55. The van der Waals surface area contributed by atoms with Crippen molar-refractivity contribution in [2.24, 2.45) is 0 Å². The van der Waals surface area contributed by atoms with Crippen molar-refractivity contribution in [1.29, 1.82) is 0 Å². The number of para-hydroxylation sites is 1. The Bertz CT molecular complexity index is 1050. The third kappa shape index (κ3) is 3.57. The second-order valence-corrected chi connectivity index (χ2v) is 6.53. The maximum absolute atomic E-state index is 12.1. The first-order valence-electron chi connectivity index (χ1n) is 8.81. The molecule has 0 aliphatic rings. The molecule has 5 heteroatoms. The number of aryl methyl sites for hydroxylation is 3. The molecule has 0 N–H and O–H groups in total. The molecule has 0 aliphatic carbocycles. The first-order chi connectivity index (χ1) is 12.5. The standard InChI is InChI=1S/C21H23NO4/c1-14-8-7-11-18(16(14)3)25-13-5-4-12-22-19-15(2)9-6-10-17(19)20(23)26-21(22)24/h6-11H,4-5,12-13H2,1-3H3. The molecule has 136 valence electrons. The van der Waals surface area contributed by atoms with Gasteiger partial charge in [0.05, 0.1) is 17.5 Å². The molecule has 3 aromatic rings. The van der Waals surface area contributed by atoms with Gasteiger partial charge in [-0.15, -0.1) is 0 Å². The van der Waals surface area contributed by atoms with Gasteiger partial charge in [-0.3, -0.25) is 4.57 Å². The van der Waals surface area contributed by atoms with Crippen molar-refractivity contribution in [2.75, 3.05) is 6.61 Å². The highest BCUT2D eigenvalue weighted by molar-refractivity contribution is 5.80. The molecule has 5 nitrogen and oxygen atoms in total. The number of benzene rings is 2. The van der Waals surface area contributed by atoms with Gasteiger partial charge in [0.15, 0.2) is 0 Å². The number of hydrogen-bond donors (Lipinski definition) is 0. The number of hydrogen-bond acceptors (Lipinski definition) is 4. The van der Waals surface area contributed by atoms with Crippen molar-refractivity contribution < 1.29 is 9.15 Å². The molecule has 0 saturated heterocycles. The average molecular weight is 353 g/mol. The van der Waals surface area contributed by atoms with Crippen molar-refractivity contribution in [1.82, 2.24) is 4.57 Å². The molecule has 0 fully saturated rings. The van der Waals surface area contributed by atoms with Crippen molar-refractivity contribution >= 4 is 10.9 Å². The smallest absolute Gasteiger partial charge is 0.422 e. The average Bonchev–Trinajstić information content (AvgIpc) is 2.61. The Kier molecular flexibility index (Phi) is 5.26. The number of rotatable bonds is 6.